The molecule has 0 amide bonds. The van der Waals surface area contributed by atoms with Gasteiger partial charge in [0, 0.05) is 6.07 Å². The first-order valence-electron chi connectivity index (χ1n) is 2.96. The van der Waals surface area contributed by atoms with Crippen molar-refractivity contribution >= 4 is 10.0 Å². The van der Waals surface area contributed by atoms with Crippen molar-refractivity contribution in [1.82, 2.24) is 0 Å². The lowest BCUT2D eigenvalue weighted by atomic mass is 10.3. The Kier molecular flexibility index (Phi) is 1.95. The Bertz CT molecular complexity index is 398. The molecular formula is C6H7NO4S. The van der Waals surface area contributed by atoms with Crippen LogP contribution in [0, 0.1) is 0 Å². The minimum absolute atomic E-state index is 0.222. The molecule has 0 aliphatic rings. The number of benzene rings is 1. The first-order chi connectivity index (χ1) is 5.41. The number of phenolic OH excluding ortho intramolecular Hbond substituents is 2. The van der Waals surface area contributed by atoms with Gasteiger partial charge in [0.25, 0.3) is 0 Å². The Morgan fingerprint density at radius 1 is 1.25 bits per heavy atom. The quantitative estimate of drug-likeness (QED) is 0.566. The molecule has 66 valence electrons. The van der Waals surface area contributed by atoms with E-state index in [1.807, 2.05) is 0 Å². The van der Waals surface area contributed by atoms with Crippen LogP contribution >= 0.6 is 0 Å². The Balaban J connectivity index is 3.39. The van der Waals surface area contributed by atoms with Gasteiger partial charge >= 0.3 is 0 Å². The summed E-state index contributed by atoms with van der Waals surface area (Å²) < 4.78 is 21.4. The maximum Gasteiger partial charge on any atom is 0.241 e. The Labute approximate surface area is 69.1 Å². The van der Waals surface area contributed by atoms with Crippen LogP contribution in [0.1, 0.15) is 0 Å². The van der Waals surface area contributed by atoms with Gasteiger partial charge in [0.1, 0.15) is 16.4 Å². The fraction of sp³-hybridized carbons (Fsp3) is 0. The minimum atomic E-state index is -3.91. The van der Waals surface area contributed by atoms with Gasteiger partial charge in [-0.15, -0.1) is 0 Å². The lowest BCUT2D eigenvalue weighted by Crippen LogP contribution is -2.11. The van der Waals surface area contributed by atoms with Gasteiger partial charge in [-0.3, -0.25) is 0 Å². The van der Waals surface area contributed by atoms with Crippen molar-refractivity contribution in [3.8, 4) is 11.5 Å². The van der Waals surface area contributed by atoms with Crippen molar-refractivity contribution in [2.24, 2.45) is 5.14 Å². The zero-order chi connectivity index (χ0) is 9.35. The summed E-state index contributed by atoms with van der Waals surface area (Å²) in [6, 6.07) is 3.05. The molecule has 0 aliphatic carbocycles. The van der Waals surface area contributed by atoms with E-state index in [1.165, 1.54) is 0 Å². The van der Waals surface area contributed by atoms with Crippen LogP contribution in [0.15, 0.2) is 23.1 Å². The smallest absolute Gasteiger partial charge is 0.241 e. The van der Waals surface area contributed by atoms with E-state index in [-0.39, 0.29) is 5.75 Å². The van der Waals surface area contributed by atoms with Crippen molar-refractivity contribution in [2.75, 3.05) is 0 Å². The highest BCUT2D eigenvalue weighted by atomic mass is 32.2. The highest BCUT2D eigenvalue weighted by molar-refractivity contribution is 7.89. The van der Waals surface area contributed by atoms with Crippen LogP contribution in [-0.4, -0.2) is 18.6 Å². The molecule has 0 aromatic heterocycles. The summed E-state index contributed by atoms with van der Waals surface area (Å²) in [6.07, 6.45) is 0. The molecule has 0 saturated heterocycles. The number of nitrogens with two attached hydrogens (primary N) is 1. The monoisotopic (exact) mass is 189 g/mol. The summed E-state index contributed by atoms with van der Waals surface area (Å²) in [7, 11) is -3.91. The van der Waals surface area contributed by atoms with Crippen LogP contribution < -0.4 is 5.14 Å². The summed E-state index contributed by atoms with van der Waals surface area (Å²) >= 11 is 0. The first kappa shape index (κ1) is 8.82. The Morgan fingerprint density at radius 2 is 1.83 bits per heavy atom. The highest BCUT2D eigenvalue weighted by Crippen LogP contribution is 2.25. The zero-order valence-corrected chi connectivity index (χ0v) is 6.75. The molecule has 0 saturated carbocycles. The summed E-state index contributed by atoms with van der Waals surface area (Å²) in [5.41, 5.74) is 0. The van der Waals surface area contributed by atoms with Crippen LogP contribution in [0.25, 0.3) is 0 Å². The van der Waals surface area contributed by atoms with Crippen LogP contribution in [0.2, 0.25) is 0 Å². The normalized spacial score (nSPS) is 11.4. The van der Waals surface area contributed by atoms with Crippen molar-refractivity contribution in [2.45, 2.75) is 4.90 Å². The number of hydrogen-bond donors (Lipinski definition) is 3. The number of phenols is 2. The largest absolute Gasteiger partial charge is 0.508 e. The van der Waals surface area contributed by atoms with Gasteiger partial charge in [-0.2, -0.15) is 0 Å². The topological polar surface area (TPSA) is 101 Å². The summed E-state index contributed by atoms with van der Waals surface area (Å²) in [5, 5.41) is 22.6. The van der Waals surface area contributed by atoms with Gasteiger partial charge in [-0.1, -0.05) is 0 Å². The van der Waals surface area contributed by atoms with E-state index in [1.54, 1.807) is 0 Å². The molecule has 1 aromatic carbocycles. The fourth-order valence-electron chi connectivity index (χ4n) is 0.746. The number of aromatic hydroxyl groups is 2. The summed E-state index contributed by atoms with van der Waals surface area (Å²) in [5.74, 6) is -0.780. The molecule has 1 rings (SSSR count). The molecule has 0 heterocycles. The van der Waals surface area contributed by atoms with Gasteiger partial charge < -0.3 is 10.2 Å². The van der Waals surface area contributed by atoms with E-state index in [0.29, 0.717) is 0 Å². The van der Waals surface area contributed by atoms with Crippen molar-refractivity contribution < 1.29 is 18.6 Å². The maximum absolute atomic E-state index is 10.7. The highest BCUT2D eigenvalue weighted by Gasteiger charge is 2.13. The lowest BCUT2D eigenvalue weighted by Gasteiger charge is -2.00. The standard InChI is InChI=1S/C6H7NO4S/c7-12(10,11)6-2-1-4(8)3-5(6)9/h1-3,8-9H,(H2,7,10,11). The van der Waals surface area contributed by atoms with E-state index in [4.69, 9.17) is 15.4 Å². The van der Waals surface area contributed by atoms with Gasteiger partial charge in [-0.05, 0) is 12.1 Å². The molecule has 12 heavy (non-hydrogen) atoms. The molecule has 6 heteroatoms. The third-order valence-corrected chi connectivity index (χ3v) is 2.21. The van der Waals surface area contributed by atoms with E-state index >= 15 is 0 Å². The predicted octanol–water partition coefficient (Wildman–Crippen LogP) is -0.255. The molecular weight excluding hydrogens is 182 g/mol. The molecule has 0 bridgehead atoms. The number of hydrogen-bond acceptors (Lipinski definition) is 4. The van der Waals surface area contributed by atoms with E-state index < -0.39 is 20.7 Å². The number of sulfonamides is 1. The summed E-state index contributed by atoms with van der Waals surface area (Å²) in [4.78, 5) is -0.402. The van der Waals surface area contributed by atoms with Crippen LogP contribution in [0.4, 0.5) is 0 Å². The van der Waals surface area contributed by atoms with E-state index in [2.05, 4.69) is 0 Å². The molecule has 4 N–H and O–H groups in total. The van der Waals surface area contributed by atoms with Gasteiger partial charge in [0.05, 0.1) is 0 Å². The molecule has 0 aliphatic heterocycles. The Hall–Kier alpha value is -1.27. The van der Waals surface area contributed by atoms with E-state index in [9.17, 15) is 8.42 Å². The SMILES string of the molecule is NS(=O)(=O)c1ccc(O)cc1O. The molecule has 0 unspecified atom stereocenters. The van der Waals surface area contributed by atoms with Crippen molar-refractivity contribution in [3.05, 3.63) is 18.2 Å². The fourth-order valence-corrected chi connectivity index (χ4v) is 1.35. The third kappa shape index (κ3) is 1.66. The molecule has 0 atom stereocenters. The minimum Gasteiger partial charge on any atom is -0.508 e. The first-order valence-corrected chi connectivity index (χ1v) is 4.50. The predicted molar refractivity (Wildman–Crippen MR) is 41.1 cm³/mol. The van der Waals surface area contributed by atoms with Crippen LogP contribution in [0.5, 0.6) is 11.5 Å². The van der Waals surface area contributed by atoms with E-state index in [0.717, 1.165) is 18.2 Å². The van der Waals surface area contributed by atoms with Gasteiger partial charge in [-0.25, -0.2) is 13.6 Å². The van der Waals surface area contributed by atoms with Crippen LogP contribution in [-0.2, 0) is 10.0 Å². The molecule has 0 radical (unpaired) electrons. The van der Waals surface area contributed by atoms with Crippen LogP contribution in [0.3, 0.4) is 0 Å². The molecule has 0 fully saturated rings. The second-order valence-electron chi connectivity index (χ2n) is 2.20. The van der Waals surface area contributed by atoms with Gasteiger partial charge in [0.15, 0.2) is 0 Å². The lowest BCUT2D eigenvalue weighted by molar-refractivity contribution is 0.439. The molecule has 1 aromatic rings. The Morgan fingerprint density at radius 3 is 2.25 bits per heavy atom. The zero-order valence-electron chi connectivity index (χ0n) is 5.93. The molecule has 0 spiro atoms. The number of rotatable bonds is 1. The van der Waals surface area contributed by atoms with Crippen molar-refractivity contribution in [3.63, 3.8) is 0 Å². The summed E-state index contributed by atoms with van der Waals surface area (Å²) in [6.45, 7) is 0. The second kappa shape index (κ2) is 2.65. The van der Waals surface area contributed by atoms with Gasteiger partial charge in [0.2, 0.25) is 10.0 Å². The number of primary sulfonamides is 1. The third-order valence-electron chi connectivity index (χ3n) is 1.25. The molecule has 5 nitrogen and oxygen atoms in total. The average Bonchev–Trinajstić information content (AvgIpc) is 1.83. The second-order valence-corrected chi connectivity index (χ2v) is 3.73. The van der Waals surface area contributed by atoms with Crippen molar-refractivity contribution in [1.29, 1.82) is 0 Å². The average molecular weight is 189 g/mol. The maximum atomic E-state index is 10.7.